The van der Waals surface area contributed by atoms with Crippen LogP contribution < -0.4 is 4.90 Å². The third kappa shape index (κ3) is 3.01. The highest BCUT2D eigenvalue weighted by atomic mass is 16.4. The van der Waals surface area contributed by atoms with Crippen LogP contribution in [0.2, 0.25) is 0 Å². The van der Waals surface area contributed by atoms with E-state index in [9.17, 15) is 4.79 Å². The van der Waals surface area contributed by atoms with Gasteiger partial charge in [0.15, 0.2) is 0 Å². The molecule has 1 unspecified atom stereocenters. The van der Waals surface area contributed by atoms with Crippen LogP contribution in [0.1, 0.15) is 30.4 Å². The maximum atomic E-state index is 12.8. The van der Waals surface area contributed by atoms with Crippen LogP contribution >= 0.6 is 0 Å². The van der Waals surface area contributed by atoms with E-state index in [0.29, 0.717) is 24.6 Å². The molecule has 4 rings (SSSR count). The number of aromatic nitrogens is 2. The third-order valence-electron chi connectivity index (χ3n) is 4.87. The van der Waals surface area contributed by atoms with Crippen molar-refractivity contribution in [3.8, 4) is 11.5 Å². The molecule has 0 N–H and O–H groups in total. The van der Waals surface area contributed by atoms with Gasteiger partial charge in [-0.2, -0.15) is 0 Å². The van der Waals surface area contributed by atoms with Crippen LogP contribution in [0.15, 0.2) is 52.9 Å². The number of amides is 1. The quantitative estimate of drug-likeness (QED) is 0.717. The van der Waals surface area contributed by atoms with Crippen LogP contribution in [0.4, 0.5) is 5.69 Å². The van der Waals surface area contributed by atoms with Crippen molar-refractivity contribution in [2.24, 2.45) is 0 Å². The van der Waals surface area contributed by atoms with E-state index in [4.69, 9.17) is 4.42 Å². The first kappa shape index (κ1) is 16.5. The topological polar surface area (TPSA) is 59.2 Å². The SMILES string of the molecule is Cc1ccccc1-c1nnc(CCC(=O)N2c3ccccc3CC2C)o1. The van der Waals surface area contributed by atoms with Crippen LogP contribution in [-0.2, 0) is 17.6 Å². The highest BCUT2D eigenvalue weighted by Gasteiger charge is 2.30. The molecule has 1 amide bonds. The Labute approximate surface area is 152 Å². The second-order valence-corrected chi connectivity index (χ2v) is 6.76. The zero-order chi connectivity index (χ0) is 18.1. The van der Waals surface area contributed by atoms with Gasteiger partial charge < -0.3 is 9.32 Å². The number of carbonyl (C=O) groups excluding carboxylic acids is 1. The lowest BCUT2D eigenvalue weighted by Gasteiger charge is -2.22. The summed E-state index contributed by atoms with van der Waals surface area (Å²) in [4.78, 5) is 14.7. The summed E-state index contributed by atoms with van der Waals surface area (Å²) in [6.45, 7) is 4.09. The van der Waals surface area contributed by atoms with Crippen molar-refractivity contribution >= 4 is 11.6 Å². The Morgan fingerprint density at radius 2 is 1.92 bits per heavy atom. The number of nitrogens with zero attached hydrogens (tertiary/aromatic N) is 3. The zero-order valence-corrected chi connectivity index (χ0v) is 15.0. The van der Waals surface area contributed by atoms with Gasteiger partial charge in [-0.15, -0.1) is 10.2 Å². The number of hydrogen-bond donors (Lipinski definition) is 0. The number of anilines is 1. The summed E-state index contributed by atoms with van der Waals surface area (Å²) < 4.78 is 5.77. The van der Waals surface area contributed by atoms with Crippen molar-refractivity contribution in [3.63, 3.8) is 0 Å². The molecule has 1 aromatic heterocycles. The van der Waals surface area contributed by atoms with Crippen molar-refractivity contribution in [1.82, 2.24) is 10.2 Å². The fraction of sp³-hybridized carbons (Fsp3) is 0.286. The molecule has 132 valence electrons. The largest absolute Gasteiger partial charge is 0.421 e. The van der Waals surface area contributed by atoms with Crippen LogP contribution in [0.3, 0.4) is 0 Å². The Kier molecular flexibility index (Phi) is 4.29. The van der Waals surface area contributed by atoms with Gasteiger partial charge in [0.1, 0.15) is 0 Å². The van der Waals surface area contributed by atoms with E-state index in [1.807, 2.05) is 54.3 Å². The lowest BCUT2D eigenvalue weighted by Crippen LogP contribution is -2.35. The lowest BCUT2D eigenvalue weighted by atomic mass is 10.1. The lowest BCUT2D eigenvalue weighted by molar-refractivity contribution is -0.118. The summed E-state index contributed by atoms with van der Waals surface area (Å²) in [6, 6.07) is 16.2. The van der Waals surface area contributed by atoms with E-state index in [-0.39, 0.29) is 11.9 Å². The molecular formula is C21H21N3O2. The van der Waals surface area contributed by atoms with E-state index in [1.165, 1.54) is 5.56 Å². The van der Waals surface area contributed by atoms with Crippen LogP contribution in [0.5, 0.6) is 0 Å². The van der Waals surface area contributed by atoms with Gasteiger partial charge in [0.25, 0.3) is 0 Å². The molecule has 5 nitrogen and oxygen atoms in total. The average Bonchev–Trinajstić information content (AvgIpc) is 3.23. The molecule has 0 bridgehead atoms. The predicted molar refractivity (Wildman–Crippen MR) is 99.9 cm³/mol. The Bertz CT molecular complexity index is 948. The standard InChI is InChI=1S/C21H21N3O2/c1-14-7-3-5-9-17(14)21-23-22-19(26-21)11-12-20(25)24-15(2)13-16-8-4-6-10-18(16)24/h3-10,15H,11-13H2,1-2H3. The van der Waals surface area contributed by atoms with E-state index in [0.717, 1.165) is 23.2 Å². The first-order chi connectivity index (χ1) is 12.6. The minimum absolute atomic E-state index is 0.0955. The molecule has 0 spiro atoms. The molecular weight excluding hydrogens is 326 g/mol. The smallest absolute Gasteiger partial charge is 0.247 e. The summed E-state index contributed by atoms with van der Waals surface area (Å²) >= 11 is 0. The second-order valence-electron chi connectivity index (χ2n) is 6.76. The monoisotopic (exact) mass is 347 g/mol. The molecule has 1 aliphatic heterocycles. The Balaban J connectivity index is 1.45. The number of fused-ring (bicyclic) bond motifs is 1. The molecule has 1 aliphatic rings. The maximum absolute atomic E-state index is 12.8. The summed E-state index contributed by atoms with van der Waals surface area (Å²) in [7, 11) is 0. The number of rotatable bonds is 4. The first-order valence-electron chi connectivity index (χ1n) is 8.92. The fourth-order valence-corrected chi connectivity index (χ4v) is 3.56. The van der Waals surface area contributed by atoms with Gasteiger partial charge in [0, 0.05) is 30.1 Å². The number of hydrogen-bond acceptors (Lipinski definition) is 4. The maximum Gasteiger partial charge on any atom is 0.247 e. The highest BCUT2D eigenvalue weighted by Crippen LogP contribution is 2.32. The predicted octanol–water partition coefficient (Wildman–Crippen LogP) is 3.96. The Hall–Kier alpha value is -2.95. The second kappa shape index (κ2) is 6.75. The van der Waals surface area contributed by atoms with E-state index >= 15 is 0 Å². The first-order valence-corrected chi connectivity index (χ1v) is 8.92. The Morgan fingerprint density at radius 3 is 2.77 bits per heavy atom. The Morgan fingerprint density at radius 1 is 1.15 bits per heavy atom. The summed E-state index contributed by atoms with van der Waals surface area (Å²) in [5.74, 6) is 1.10. The molecule has 1 atom stereocenters. The molecule has 0 radical (unpaired) electrons. The number of carbonyl (C=O) groups is 1. The van der Waals surface area contributed by atoms with Crippen LogP contribution in [0, 0.1) is 6.92 Å². The number of benzene rings is 2. The minimum Gasteiger partial charge on any atom is -0.421 e. The van der Waals surface area contributed by atoms with E-state index in [2.05, 4.69) is 23.2 Å². The molecule has 3 aromatic rings. The summed E-state index contributed by atoms with van der Waals surface area (Å²) in [6.07, 6.45) is 1.71. The van der Waals surface area contributed by atoms with Gasteiger partial charge in [0.2, 0.25) is 17.7 Å². The van der Waals surface area contributed by atoms with Crippen molar-refractivity contribution < 1.29 is 9.21 Å². The minimum atomic E-state index is 0.0955. The van der Waals surface area contributed by atoms with Gasteiger partial charge in [-0.05, 0) is 43.5 Å². The van der Waals surface area contributed by atoms with Gasteiger partial charge in [0.05, 0.1) is 0 Å². The summed E-state index contributed by atoms with van der Waals surface area (Å²) in [5, 5.41) is 8.24. The molecule has 0 aliphatic carbocycles. The third-order valence-corrected chi connectivity index (χ3v) is 4.87. The molecule has 26 heavy (non-hydrogen) atoms. The van der Waals surface area contributed by atoms with E-state index < -0.39 is 0 Å². The zero-order valence-electron chi connectivity index (χ0n) is 15.0. The van der Waals surface area contributed by atoms with Gasteiger partial charge in [-0.25, -0.2) is 0 Å². The highest BCUT2D eigenvalue weighted by molar-refractivity contribution is 5.96. The van der Waals surface area contributed by atoms with Crippen molar-refractivity contribution in [1.29, 1.82) is 0 Å². The number of aryl methyl sites for hydroxylation is 2. The molecule has 0 fully saturated rings. The normalized spacial score (nSPS) is 15.9. The van der Waals surface area contributed by atoms with Gasteiger partial charge in [-0.3, -0.25) is 4.79 Å². The van der Waals surface area contributed by atoms with Crippen molar-refractivity contribution in [2.75, 3.05) is 4.90 Å². The van der Waals surface area contributed by atoms with Gasteiger partial charge >= 0.3 is 0 Å². The van der Waals surface area contributed by atoms with E-state index in [1.54, 1.807) is 0 Å². The average molecular weight is 347 g/mol. The van der Waals surface area contributed by atoms with Crippen molar-refractivity contribution in [2.45, 2.75) is 39.2 Å². The molecule has 5 heteroatoms. The number of para-hydroxylation sites is 1. The summed E-state index contributed by atoms with van der Waals surface area (Å²) in [5.41, 5.74) is 4.27. The fourth-order valence-electron chi connectivity index (χ4n) is 3.56. The van der Waals surface area contributed by atoms with Gasteiger partial charge in [-0.1, -0.05) is 36.4 Å². The molecule has 2 aromatic carbocycles. The molecule has 0 saturated carbocycles. The molecule has 2 heterocycles. The molecule has 0 saturated heterocycles. The van der Waals surface area contributed by atoms with Crippen molar-refractivity contribution in [3.05, 3.63) is 65.5 Å². The van der Waals surface area contributed by atoms with Crippen LogP contribution in [0.25, 0.3) is 11.5 Å². The van der Waals surface area contributed by atoms with Crippen LogP contribution in [-0.4, -0.2) is 22.1 Å².